The average molecular weight is 457 g/mol. The largest absolute Gasteiger partial charge is 0.326 e. The number of hydrogen-bond acceptors (Lipinski definition) is 3. The van der Waals surface area contributed by atoms with Crippen molar-refractivity contribution in [1.29, 1.82) is 0 Å². The molecule has 0 saturated heterocycles. The van der Waals surface area contributed by atoms with Crippen LogP contribution in [0.15, 0.2) is 59.8 Å². The molecule has 7 nitrogen and oxygen atoms in total. The minimum absolute atomic E-state index is 0.119. The minimum Gasteiger partial charge on any atom is -0.326 e. The van der Waals surface area contributed by atoms with Gasteiger partial charge in [-0.1, -0.05) is 29.8 Å². The standard InChI is InChI=1S/C23H22ClFN4O3/c1-3-28-18-12-29(13(2)21(30)26-15-10-8-14(25)9-11-15)22(31)19(18)20(27-23(28)32)16-6-4-5-7-17(16)24/h4-11,13,20H,3,12H2,1-2H3,(H,26,30)(H,27,32)/t13-,20+/m0/s1. The second-order valence-electron chi connectivity index (χ2n) is 7.61. The van der Waals surface area contributed by atoms with Crippen LogP contribution in [0.25, 0.3) is 0 Å². The van der Waals surface area contributed by atoms with Gasteiger partial charge in [-0.25, -0.2) is 9.18 Å². The Labute approximate surface area is 189 Å². The van der Waals surface area contributed by atoms with Crippen LogP contribution < -0.4 is 10.6 Å². The van der Waals surface area contributed by atoms with Crippen LogP contribution in [-0.4, -0.2) is 46.8 Å². The van der Waals surface area contributed by atoms with Crippen molar-refractivity contribution < 1.29 is 18.8 Å². The van der Waals surface area contributed by atoms with E-state index < -0.39 is 23.8 Å². The summed E-state index contributed by atoms with van der Waals surface area (Å²) >= 11 is 6.36. The molecule has 2 atom stereocenters. The summed E-state index contributed by atoms with van der Waals surface area (Å²) in [5, 5.41) is 6.00. The number of carbonyl (C=O) groups excluding carboxylic acids is 3. The van der Waals surface area contributed by atoms with E-state index >= 15 is 0 Å². The first-order valence-corrected chi connectivity index (χ1v) is 10.6. The number of nitrogens with zero attached hydrogens (tertiary/aromatic N) is 2. The van der Waals surface area contributed by atoms with E-state index in [9.17, 15) is 18.8 Å². The Balaban J connectivity index is 1.62. The highest BCUT2D eigenvalue weighted by Crippen LogP contribution is 2.39. The Morgan fingerprint density at radius 2 is 1.91 bits per heavy atom. The topological polar surface area (TPSA) is 81.8 Å². The molecule has 0 unspecified atom stereocenters. The van der Waals surface area contributed by atoms with E-state index in [1.165, 1.54) is 34.1 Å². The zero-order valence-electron chi connectivity index (χ0n) is 17.6. The molecule has 0 bridgehead atoms. The molecule has 2 aliphatic rings. The number of nitrogens with one attached hydrogen (secondary N) is 2. The number of urea groups is 1. The Bertz CT molecular complexity index is 1120. The fourth-order valence-corrected chi connectivity index (χ4v) is 4.27. The molecular formula is C23H22ClFN4O3. The van der Waals surface area contributed by atoms with Gasteiger partial charge < -0.3 is 15.5 Å². The molecule has 0 aromatic heterocycles. The van der Waals surface area contributed by atoms with E-state index in [-0.39, 0.29) is 18.5 Å². The van der Waals surface area contributed by atoms with Gasteiger partial charge in [0.25, 0.3) is 5.91 Å². The lowest BCUT2D eigenvalue weighted by Crippen LogP contribution is -2.47. The Kier molecular flexibility index (Phi) is 5.88. The molecule has 2 N–H and O–H groups in total. The molecule has 2 aromatic carbocycles. The summed E-state index contributed by atoms with van der Waals surface area (Å²) in [7, 11) is 0. The van der Waals surface area contributed by atoms with Gasteiger partial charge in [0.05, 0.1) is 23.9 Å². The molecular weight excluding hydrogens is 435 g/mol. The van der Waals surface area contributed by atoms with E-state index in [0.717, 1.165) is 0 Å². The van der Waals surface area contributed by atoms with Crippen LogP contribution in [-0.2, 0) is 9.59 Å². The molecule has 2 aromatic rings. The number of benzene rings is 2. The second kappa shape index (κ2) is 8.63. The molecule has 2 aliphatic heterocycles. The van der Waals surface area contributed by atoms with Crippen LogP contribution >= 0.6 is 11.6 Å². The fraction of sp³-hybridized carbons (Fsp3) is 0.261. The van der Waals surface area contributed by atoms with Crippen LogP contribution in [0, 0.1) is 5.82 Å². The number of carbonyl (C=O) groups is 3. The van der Waals surface area contributed by atoms with E-state index in [1.807, 2.05) is 6.92 Å². The van der Waals surface area contributed by atoms with Crippen molar-refractivity contribution in [3.63, 3.8) is 0 Å². The molecule has 32 heavy (non-hydrogen) atoms. The van der Waals surface area contributed by atoms with Crippen LogP contribution in [0.4, 0.5) is 14.9 Å². The number of likely N-dealkylation sites (N-methyl/N-ethyl adjacent to an activating group) is 1. The third kappa shape index (κ3) is 3.82. The smallest absolute Gasteiger partial charge is 0.322 e. The van der Waals surface area contributed by atoms with Crippen molar-refractivity contribution in [2.24, 2.45) is 0 Å². The highest BCUT2D eigenvalue weighted by molar-refractivity contribution is 6.31. The first kappa shape index (κ1) is 21.8. The maximum absolute atomic E-state index is 13.5. The van der Waals surface area contributed by atoms with Gasteiger partial charge in [-0.2, -0.15) is 0 Å². The first-order chi connectivity index (χ1) is 15.3. The van der Waals surface area contributed by atoms with E-state index in [0.29, 0.717) is 34.1 Å². The lowest BCUT2D eigenvalue weighted by atomic mass is 9.95. The monoisotopic (exact) mass is 456 g/mol. The zero-order chi connectivity index (χ0) is 23.0. The summed E-state index contributed by atoms with van der Waals surface area (Å²) in [5.41, 5.74) is 2.01. The number of halogens is 2. The molecule has 9 heteroatoms. The third-order valence-corrected chi connectivity index (χ3v) is 6.09. The highest BCUT2D eigenvalue weighted by atomic mass is 35.5. The summed E-state index contributed by atoms with van der Waals surface area (Å²) < 4.78 is 13.1. The van der Waals surface area contributed by atoms with Crippen LogP contribution in [0.3, 0.4) is 0 Å². The molecule has 0 spiro atoms. The maximum Gasteiger partial charge on any atom is 0.322 e. The molecule has 0 aliphatic carbocycles. The second-order valence-corrected chi connectivity index (χ2v) is 8.02. The predicted octanol–water partition coefficient (Wildman–Crippen LogP) is 3.69. The molecule has 166 valence electrons. The molecule has 0 fully saturated rings. The molecule has 4 rings (SSSR count). The van der Waals surface area contributed by atoms with Crippen molar-refractivity contribution in [3.05, 3.63) is 76.2 Å². The maximum atomic E-state index is 13.5. The summed E-state index contributed by atoms with van der Waals surface area (Å²) in [6.45, 7) is 3.93. The van der Waals surface area contributed by atoms with E-state index in [2.05, 4.69) is 10.6 Å². The molecule has 4 amide bonds. The minimum atomic E-state index is -0.821. The van der Waals surface area contributed by atoms with E-state index in [1.54, 1.807) is 31.2 Å². The van der Waals surface area contributed by atoms with Crippen LogP contribution in [0.2, 0.25) is 5.02 Å². The summed E-state index contributed by atoms with van der Waals surface area (Å²) in [6.07, 6.45) is 0. The molecule has 0 radical (unpaired) electrons. The van der Waals surface area contributed by atoms with Crippen molar-refractivity contribution in [1.82, 2.24) is 15.1 Å². The van der Waals surface area contributed by atoms with Crippen molar-refractivity contribution in [2.45, 2.75) is 25.9 Å². The lowest BCUT2D eigenvalue weighted by Gasteiger charge is -2.33. The van der Waals surface area contributed by atoms with Gasteiger partial charge in [-0.15, -0.1) is 0 Å². The number of hydrogen-bond donors (Lipinski definition) is 2. The fourth-order valence-electron chi connectivity index (χ4n) is 4.02. The number of amides is 4. The summed E-state index contributed by atoms with van der Waals surface area (Å²) in [4.78, 5) is 42.0. The SMILES string of the molecule is CCN1C(=O)N[C@H](c2ccccc2Cl)C2=C1CN([C@@H](C)C(=O)Nc1ccc(F)cc1)C2=O. The molecule has 2 heterocycles. The quantitative estimate of drug-likeness (QED) is 0.720. The van der Waals surface area contributed by atoms with Gasteiger partial charge in [0.1, 0.15) is 11.9 Å². The Morgan fingerprint density at radius 3 is 2.56 bits per heavy atom. The summed E-state index contributed by atoms with van der Waals surface area (Å²) in [5.74, 6) is -1.17. The van der Waals surface area contributed by atoms with Crippen molar-refractivity contribution in [2.75, 3.05) is 18.4 Å². The van der Waals surface area contributed by atoms with E-state index in [4.69, 9.17) is 11.6 Å². The zero-order valence-corrected chi connectivity index (χ0v) is 18.3. The predicted molar refractivity (Wildman–Crippen MR) is 118 cm³/mol. The van der Waals surface area contributed by atoms with Gasteiger partial charge in [-0.05, 0) is 49.7 Å². The van der Waals surface area contributed by atoms with Crippen LogP contribution in [0.5, 0.6) is 0 Å². The average Bonchev–Trinajstić information content (AvgIpc) is 3.11. The van der Waals surface area contributed by atoms with Gasteiger partial charge in [0.15, 0.2) is 0 Å². The molecule has 0 saturated carbocycles. The third-order valence-electron chi connectivity index (χ3n) is 5.74. The Hall–Kier alpha value is -3.39. The van der Waals surface area contributed by atoms with Crippen molar-refractivity contribution in [3.8, 4) is 0 Å². The van der Waals surface area contributed by atoms with Crippen molar-refractivity contribution >= 4 is 35.1 Å². The van der Waals surface area contributed by atoms with Crippen LogP contribution in [0.1, 0.15) is 25.5 Å². The summed E-state index contributed by atoms with van der Waals surface area (Å²) in [6, 6.07) is 10.6. The first-order valence-electron chi connectivity index (χ1n) is 10.2. The highest BCUT2D eigenvalue weighted by Gasteiger charge is 2.46. The van der Waals surface area contributed by atoms with Gasteiger partial charge in [0, 0.05) is 17.3 Å². The van der Waals surface area contributed by atoms with Gasteiger partial charge >= 0.3 is 6.03 Å². The number of anilines is 1. The number of rotatable bonds is 5. The lowest BCUT2D eigenvalue weighted by molar-refractivity contribution is -0.133. The normalized spacial score (nSPS) is 19.1. The Morgan fingerprint density at radius 1 is 1.22 bits per heavy atom. The van der Waals surface area contributed by atoms with Gasteiger partial charge in [0.2, 0.25) is 5.91 Å². The van der Waals surface area contributed by atoms with Gasteiger partial charge in [-0.3, -0.25) is 14.5 Å².